The van der Waals surface area contributed by atoms with Crippen molar-refractivity contribution in [2.45, 2.75) is 71.5 Å². The molecule has 4 heteroatoms. The minimum atomic E-state index is -0.730. The smallest absolute Gasteiger partial charge is 0.310 e. The van der Waals surface area contributed by atoms with Crippen molar-refractivity contribution in [2.75, 3.05) is 0 Å². The van der Waals surface area contributed by atoms with Gasteiger partial charge < -0.3 is 9.47 Å². The molecule has 4 aliphatic carbocycles. The van der Waals surface area contributed by atoms with Gasteiger partial charge in [0, 0.05) is 0 Å². The Kier molecular flexibility index (Phi) is 6.37. The molecule has 0 radical (unpaired) electrons. The highest BCUT2D eigenvalue weighted by atomic mass is 16.6. The van der Waals surface area contributed by atoms with E-state index in [1.165, 1.54) is 26.9 Å². The van der Waals surface area contributed by atoms with Crippen LogP contribution in [0.25, 0.3) is 32.3 Å². The van der Waals surface area contributed by atoms with Gasteiger partial charge in [-0.05, 0) is 114 Å². The first-order valence-corrected chi connectivity index (χ1v) is 15.5. The van der Waals surface area contributed by atoms with Crippen LogP contribution in [0.15, 0.2) is 66.7 Å². The highest BCUT2D eigenvalue weighted by molar-refractivity contribution is 6.17. The second-order valence-corrected chi connectivity index (χ2v) is 13.5. The third kappa shape index (κ3) is 4.42. The van der Waals surface area contributed by atoms with Gasteiger partial charge in [-0.1, -0.05) is 74.5 Å². The molecule has 1 unspecified atom stereocenters. The molecule has 4 aliphatic rings. The first-order chi connectivity index (χ1) is 19.7. The summed E-state index contributed by atoms with van der Waals surface area (Å²) in [7, 11) is 0. The van der Waals surface area contributed by atoms with Crippen molar-refractivity contribution in [2.24, 2.45) is 35.5 Å². The summed E-state index contributed by atoms with van der Waals surface area (Å²) in [6.07, 6.45) is 4.68. The molecule has 0 N–H and O–H groups in total. The van der Waals surface area contributed by atoms with Crippen molar-refractivity contribution in [3.63, 3.8) is 0 Å². The second kappa shape index (κ2) is 9.86. The number of ether oxygens (including phenoxy) is 2. The van der Waals surface area contributed by atoms with Crippen LogP contribution in [-0.2, 0) is 24.7 Å². The Bertz CT molecular complexity index is 1640. The molecular weight excluding hydrogens is 508 g/mol. The van der Waals surface area contributed by atoms with Gasteiger partial charge in [-0.3, -0.25) is 9.59 Å². The fraction of sp³-hybridized carbons (Fsp3) is 0.459. The molecule has 0 amide bonds. The first-order valence-electron chi connectivity index (χ1n) is 15.5. The summed E-state index contributed by atoms with van der Waals surface area (Å²) in [6, 6.07) is 23.8. The van der Waals surface area contributed by atoms with E-state index in [-0.39, 0.29) is 29.9 Å². The molecule has 4 aromatic carbocycles. The lowest BCUT2D eigenvalue weighted by molar-refractivity contribution is -0.195. The Morgan fingerprint density at radius 3 is 2.02 bits per heavy atom. The van der Waals surface area contributed by atoms with E-state index in [0.29, 0.717) is 23.7 Å². The summed E-state index contributed by atoms with van der Waals surface area (Å²) in [5, 5.41) is 7.38. The molecule has 0 aromatic heterocycles. The summed E-state index contributed by atoms with van der Waals surface area (Å²) in [5.74, 6) is 1.22. The SMILES string of the molecule is CCC(C)C(=O)OC1C2CC3CC1CC(C2)C3C(=O)OC(C)(C)c1ccc2c(ccc3c4ccccc4ccc23)c1. The molecule has 0 saturated heterocycles. The Hall–Kier alpha value is -3.40. The molecule has 8 rings (SSSR count). The lowest BCUT2D eigenvalue weighted by Crippen LogP contribution is -2.56. The zero-order chi connectivity index (χ0) is 28.5. The fourth-order valence-electron chi connectivity index (χ4n) is 8.41. The number of benzene rings is 4. The minimum absolute atomic E-state index is 0.0316. The highest BCUT2D eigenvalue weighted by Gasteiger charge is 2.57. The summed E-state index contributed by atoms with van der Waals surface area (Å²) >= 11 is 0. The Labute approximate surface area is 242 Å². The Balaban J connectivity index is 1.09. The molecule has 4 nitrogen and oxygen atoms in total. The van der Waals surface area contributed by atoms with Crippen molar-refractivity contribution in [1.82, 2.24) is 0 Å². The maximum atomic E-state index is 13.8. The third-order valence-corrected chi connectivity index (χ3v) is 10.7. The number of esters is 2. The zero-order valence-electron chi connectivity index (χ0n) is 24.6. The normalized spacial score (nSPS) is 27.8. The monoisotopic (exact) mass is 548 g/mol. The summed E-state index contributed by atoms with van der Waals surface area (Å²) in [5.41, 5.74) is 0.284. The largest absolute Gasteiger partial charge is 0.462 e. The van der Waals surface area contributed by atoms with Crippen molar-refractivity contribution in [3.8, 4) is 0 Å². The van der Waals surface area contributed by atoms with Crippen molar-refractivity contribution >= 4 is 44.3 Å². The molecule has 4 bridgehead atoms. The molecule has 0 heterocycles. The van der Waals surface area contributed by atoms with Gasteiger partial charge in [-0.25, -0.2) is 0 Å². The average molecular weight is 549 g/mol. The van der Waals surface area contributed by atoms with E-state index in [1.54, 1.807) is 0 Å². The van der Waals surface area contributed by atoms with Crippen molar-refractivity contribution in [1.29, 1.82) is 0 Å². The highest BCUT2D eigenvalue weighted by Crippen LogP contribution is 2.58. The maximum Gasteiger partial charge on any atom is 0.310 e. The van der Waals surface area contributed by atoms with Crippen LogP contribution in [0.4, 0.5) is 0 Å². The topological polar surface area (TPSA) is 52.6 Å². The van der Waals surface area contributed by atoms with Gasteiger partial charge in [-0.15, -0.1) is 0 Å². The molecule has 4 fully saturated rings. The van der Waals surface area contributed by atoms with Gasteiger partial charge in [-0.2, -0.15) is 0 Å². The first kappa shape index (κ1) is 26.5. The molecule has 1 atom stereocenters. The lowest BCUT2D eigenvalue weighted by Gasteiger charge is -2.56. The molecular formula is C37H40O4. The summed E-state index contributed by atoms with van der Waals surface area (Å²) in [6.45, 7) is 8.01. The van der Waals surface area contributed by atoms with Crippen LogP contribution in [0.3, 0.4) is 0 Å². The summed E-state index contributed by atoms with van der Waals surface area (Å²) < 4.78 is 12.4. The average Bonchev–Trinajstić information content (AvgIpc) is 2.96. The Morgan fingerprint density at radius 2 is 1.37 bits per heavy atom. The maximum absolute atomic E-state index is 13.8. The van der Waals surface area contributed by atoms with E-state index in [9.17, 15) is 9.59 Å². The number of hydrogen-bond donors (Lipinski definition) is 0. The minimum Gasteiger partial charge on any atom is -0.462 e. The van der Waals surface area contributed by atoms with E-state index in [4.69, 9.17) is 9.47 Å². The summed E-state index contributed by atoms with van der Waals surface area (Å²) in [4.78, 5) is 26.3. The number of hydrogen-bond acceptors (Lipinski definition) is 4. The number of carbonyl (C=O) groups is 2. The number of carbonyl (C=O) groups excluding carboxylic acids is 2. The number of fused-ring (bicyclic) bond motifs is 5. The van der Waals surface area contributed by atoms with Crippen LogP contribution in [0.5, 0.6) is 0 Å². The van der Waals surface area contributed by atoms with Crippen LogP contribution in [-0.4, -0.2) is 18.0 Å². The molecule has 0 aliphatic heterocycles. The third-order valence-electron chi connectivity index (χ3n) is 10.7. The molecule has 4 saturated carbocycles. The van der Waals surface area contributed by atoms with Crippen molar-refractivity contribution < 1.29 is 19.1 Å². The molecule has 0 spiro atoms. The van der Waals surface area contributed by atoms with Crippen LogP contribution in [0.2, 0.25) is 0 Å². The van der Waals surface area contributed by atoms with E-state index >= 15 is 0 Å². The molecule has 212 valence electrons. The van der Waals surface area contributed by atoms with Crippen LogP contribution in [0.1, 0.15) is 65.4 Å². The van der Waals surface area contributed by atoms with Crippen LogP contribution < -0.4 is 0 Å². The Morgan fingerprint density at radius 1 is 0.780 bits per heavy atom. The van der Waals surface area contributed by atoms with E-state index < -0.39 is 5.60 Å². The van der Waals surface area contributed by atoms with Gasteiger partial charge in [0.1, 0.15) is 11.7 Å². The van der Waals surface area contributed by atoms with Gasteiger partial charge in [0.25, 0.3) is 0 Å². The van der Waals surface area contributed by atoms with Crippen molar-refractivity contribution in [3.05, 3.63) is 72.3 Å². The fourth-order valence-corrected chi connectivity index (χ4v) is 8.41. The molecule has 4 aromatic rings. The zero-order valence-corrected chi connectivity index (χ0v) is 24.6. The lowest BCUT2D eigenvalue weighted by atomic mass is 9.50. The van der Waals surface area contributed by atoms with Gasteiger partial charge in [0.05, 0.1) is 11.8 Å². The second-order valence-electron chi connectivity index (χ2n) is 13.5. The van der Waals surface area contributed by atoms with E-state index in [2.05, 4.69) is 66.7 Å². The van der Waals surface area contributed by atoms with Crippen LogP contribution in [0, 0.1) is 35.5 Å². The quantitative estimate of drug-likeness (QED) is 0.179. The van der Waals surface area contributed by atoms with Gasteiger partial charge in [0.2, 0.25) is 0 Å². The predicted octanol–water partition coefficient (Wildman–Crippen LogP) is 8.56. The van der Waals surface area contributed by atoms with Gasteiger partial charge in [0.15, 0.2) is 0 Å². The van der Waals surface area contributed by atoms with Gasteiger partial charge >= 0.3 is 11.9 Å². The van der Waals surface area contributed by atoms with E-state index in [1.807, 2.05) is 27.7 Å². The standard InChI is InChI=1S/C37H40O4/c1-5-21(2)35(38)40-34-26-16-24-17-27(34)19-25(18-26)33(24)36(39)41-37(3,4)28-12-15-30-23(20-28)11-14-31-29-9-7-6-8-22(29)10-13-32(30)31/h6-15,20-21,24-27,33-34H,5,16-19H2,1-4H3. The molecule has 41 heavy (non-hydrogen) atoms. The number of rotatable bonds is 6. The van der Waals surface area contributed by atoms with E-state index in [0.717, 1.165) is 43.1 Å². The predicted molar refractivity (Wildman–Crippen MR) is 163 cm³/mol. The van der Waals surface area contributed by atoms with Crippen LogP contribution >= 0.6 is 0 Å².